The van der Waals surface area contributed by atoms with E-state index < -0.39 is 0 Å². The number of halogens is 1. The molecule has 28 heavy (non-hydrogen) atoms. The summed E-state index contributed by atoms with van der Waals surface area (Å²) in [7, 11) is 1.75. The summed E-state index contributed by atoms with van der Waals surface area (Å²) in [6.45, 7) is 2.87. The molecule has 0 fully saturated rings. The zero-order valence-electron chi connectivity index (χ0n) is 15.6. The first-order chi connectivity index (χ1) is 13.5. The first-order valence-electron chi connectivity index (χ1n) is 8.64. The largest absolute Gasteiger partial charge is 0.492 e. The van der Waals surface area contributed by atoms with Crippen molar-refractivity contribution < 1.29 is 9.53 Å². The van der Waals surface area contributed by atoms with Crippen LogP contribution in [0.2, 0.25) is 5.02 Å². The van der Waals surface area contributed by atoms with Gasteiger partial charge in [0.25, 0.3) is 0 Å². The van der Waals surface area contributed by atoms with Crippen molar-refractivity contribution in [3.63, 3.8) is 0 Å². The van der Waals surface area contributed by atoms with Crippen molar-refractivity contribution in [1.29, 1.82) is 0 Å². The van der Waals surface area contributed by atoms with Crippen LogP contribution in [0.5, 0.6) is 5.75 Å². The van der Waals surface area contributed by atoms with Gasteiger partial charge in [0.1, 0.15) is 12.4 Å². The molecular formula is C19H20ClN5O2S. The molecular weight excluding hydrogens is 398 g/mol. The van der Waals surface area contributed by atoms with Crippen LogP contribution in [0.1, 0.15) is 5.56 Å². The highest BCUT2D eigenvalue weighted by molar-refractivity contribution is 7.99. The number of hydrogen-bond donors (Lipinski definition) is 0. The van der Waals surface area contributed by atoms with Gasteiger partial charge in [0.05, 0.1) is 18.0 Å². The highest BCUT2D eigenvalue weighted by Crippen LogP contribution is 2.20. The van der Waals surface area contributed by atoms with E-state index in [1.54, 1.807) is 40.9 Å². The van der Waals surface area contributed by atoms with Gasteiger partial charge < -0.3 is 9.64 Å². The van der Waals surface area contributed by atoms with Gasteiger partial charge in [-0.25, -0.2) is 0 Å². The van der Waals surface area contributed by atoms with Gasteiger partial charge in [0.2, 0.25) is 11.1 Å². The number of aryl methyl sites for hydroxylation is 1. The van der Waals surface area contributed by atoms with Crippen LogP contribution in [0.3, 0.4) is 0 Å². The molecule has 0 unspecified atom stereocenters. The van der Waals surface area contributed by atoms with Gasteiger partial charge in [-0.05, 0) is 53.2 Å². The maximum Gasteiger partial charge on any atom is 0.232 e. The lowest BCUT2D eigenvalue weighted by atomic mass is 10.2. The van der Waals surface area contributed by atoms with Crippen LogP contribution in [0, 0.1) is 6.92 Å². The lowest BCUT2D eigenvalue weighted by Crippen LogP contribution is -2.32. The summed E-state index contributed by atoms with van der Waals surface area (Å²) in [6.07, 6.45) is 0. The van der Waals surface area contributed by atoms with Crippen molar-refractivity contribution in [2.45, 2.75) is 12.1 Å². The second kappa shape index (κ2) is 9.57. The summed E-state index contributed by atoms with van der Waals surface area (Å²) in [4.78, 5) is 14.0. The maximum absolute atomic E-state index is 12.4. The molecule has 0 bridgehead atoms. The Bertz CT molecular complexity index is 932. The van der Waals surface area contributed by atoms with E-state index in [9.17, 15) is 4.79 Å². The van der Waals surface area contributed by atoms with E-state index >= 15 is 0 Å². The highest BCUT2D eigenvalue weighted by Gasteiger charge is 2.15. The molecule has 0 radical (unpaired) electrons. The van der Waals surface area contributed by atoms with Gasteiger partial charge in [-0.2, -0.15) is 4.68 Å². The Morgan fingerprint density at radius 1 is 1.21 bits per heavy atom. The van der Waals surface area contributed by atoms with Gasteiger partial charge in [0.15, 0.2) is 0 Å². The Morgan fingerprint density at radius 3 is 2.71 bits per heavy atom. The number of rotatable bonds is 8. The zero-order valence-corrected chi connectivity index (χ0v) is 17.2. The van der Waals surface area contributed by atoms with E-state index in [0.29, 0.717) is 23.3 Å². The minimum absolute atomic E-state index is 0.0240. The molecule has 146 valence electrons. The fourth-order valence-electron chi connectivity index (χ4n) is 2.41. The van der Waals surface area contributed by atoms with Gasteiger partial charge in [-0.15, -0.1) is 5.10 Å². The number of para-hydroxylation sites is 1. The molecule has 0 spiro atoms. The molecule has 0 saturated heterocycles. The third-order valence-corrected chi connectivity index (χ3v) is 5.20. The number of amides is 1. The number of hydrogen-bond acceptors (Lipinski definition) is 6. The van der Waals surface area contributed by atoms with E-state index in [1.165, 1.54) is 11.8 Å². The molecule has 1 amide bonds. The third-order valence-electron chi connectivity index (χ3n) is 4.04. The molecule has 0 aliphatic rings. The van der Waals surface area contributed by atoms with Crippen LogP contribution in [0.15, 0.2) is 53.7 Å². The average molecular weight is 418 g/mol. The van der Waals surface area contributed by atoms with E-state index in [1.807, 2.05) is 31.2 Å². The topological polar surface area (TPSA) is 73.1 Å². The number of tetrazole rings is 1. The molecule has 0 aliphatic heterocycles. The maximum atomic E-state index is 12.4. The second-order valence-corrected chi connectivity index (χ2v) is 7.45. The lowest BCUT2D eigenvalue weighted by molar-refractivity contribution is -0.127. The van der Waals surface area contributed by atoms with Crippen LogP contribution in [0.25, 0.3) is 5.69 Å². The summed E-state index contributed by atoms with van der Waals surface area (Å²) in [5.41, 5.74) is 1.95. The quantitative estimate of drug-likeness (QED) is 0.524. The predicted molar refractivity (Wildman–Crippen MR) is 109 cm³/mol. The number of nitrogens with zero attached hydrogens (tertiary/aromatic N) is 5. The Balaban J connectivity index is 1.50. The van der Waals surface area contributed by atoms with Crippen LogP contribution in [-0.4, -0.2) is 57.0 Å². The number of ether oxygens (including phenoxy) is 1. The smallest absolute Gasteiger partial charge is 0.232 e. The number of carbonyl (C=O) groups is 1. The van der Waals surface area contributed by atoms with Crippen molar-refractivity contribution in [3.05, 3.63) is 59.1 Å². The summed E-state index contributed by atoms with van der Waals surface area (Å²) >= 11 is 7.15. The summed E-state index contributed by atoms with van der Waals surface area (Å²) in [5.74, 6) is 0.935. The normalized spacial score (nSPS) is 10.7. The van der Waals surface area contributed by atoms with Crippen molar-refractivity contribution >= 4 is 29.3 Å². The fraction of sp³-hybridized carbons (Fsp3) is 0.263. The number of likely N-dealkylation sites (N-methyl/N-ethyl adjacent to an activating group) is 1. The lowest BCUT2D eigenvalue weighted by Gasteiger charge is -2.17. The molecule has 7 nitrogen and oxygen atoms in total. The van der Waals surface area contributed by atoms with Crippen LogP contribution >= 0.6 is 23.4 Å². The standard InChI is InChI=1S/C19H20ClN5O2S/c1-14-5-3-4-6-17(14)25-19(21-22-23-25)28-13-18(26)24(2)11-12-27-16-9-7-15(20)8-10-16/h3-10H,11-13H2,1-2H3. The summed E-state index contributed by atoms with van der Waals surface area (Å²) in [6, 6.07) is 14.9. The van der Waals surface area contributed by atoms with Crippen LogP contribution in [0.4, 0.5) is 0 Å². The molecule has 1 aromatic heterocycles. The zero-order chi connectivity index (χ0) is 19.9. The molecule has 9 heteroatoms. The fourth-order valence-corrected chi connectivity index (χ4v) is 3.36. The van der Waals surface area contributed by atoms with E-state index in [4.69, 9.17) is 16.3 Å². The van der Waals surface area contributed by atoms with Gasteiger partial charge >= 0.3 is 0 Å². The van der Waals surface area contributed by atoms with Crippen molar-refractivity contribution in [2.75, 3.05) is 26.0 Å². The molecule has 1 heterocycles. The van der Waals surface area contributed by atoms with Gasteiger partial charge in [-0.3, -0.25) is 4.79 Å². The van der Waals surface area contributed by atoms with E-state index in [-0.39, 0.29) is 11.7 Å². The number of carbonyl (C=O) groups excluding carboxylic acids is 1. The molecule has 0 atom stereocenters. The Labute approximate surface area is 172 Å². The molecule has 0 saturated carbocycles. The van der Waals surface area contributed by atoms with Crippen molar-refractivity contribution in [3.8, 4) is 11.4 Å². The molecule has 3 rings (SSSR count). The SMILES string of the molecule is Cc1ccccc1-n1nnnc1SCC(=O)N(C)CCOc1ccc(Cl)cc1. The van der Waals surface area contributed by atoms with E-state index in [0.717, 1.165) is 17.0 Å². The monoisotopic (exact) mass is 417 g/mol. The van der Waals surface area contributed by atoms with Crippen LogP contribution in [-0.2, 0) is 4.79 Å². The predicted octanol–water partition coefficient (Wildman–Crippen LogP) is 3.25. The molecule has 0 N–H and O–H groups in total. The van der Waals surface area contributed by atoms with Gasteiger partial charge in [0, 0.05) is 12.1 Å². The summed E-state index contributed by atoms with van der Waals surface area (Å²) in [5, 5.41) is 13.0. The first-order valence-corrected chi connectivity index (χ1v) is 10.0. The number of aromatic nitrogens is 4. The van der Waals surface area contributed by atoms with Gasteiger partial charge in [-0.1, -0.05) is 41.6 Å². The second-order valence-electron chi connectivity index (χ2n) is 6.07. The Kier molecular flexibility index (Phi) is 6.89. The minimum Gasteiger partial charge on any atom is -0.492 e. The van der Waals surface area contributed by atoms with E-state index in [2.05, 4.69) is 15.5 Å². The van der Waals surface area contributed by atoms with Crippen LogP contribution < -0.4 is 4.74 Å². The Morgan fingerprint density at radius 2 is 1.96 bits per heavy atom. The molecule has 3 aromatic rings. The first kappa shape index (κ1) is 20.2. The molecule has 0 aliphatic carbocycles. The number of benzene rings is 2. The minimum atomic E-state index is -0.0240. The highest BCUT2D eigenvalue weighted by atomic mass is 35.5. The van der Waals surface area contributed by atoms with Crippen molar-refractivity contribution in [2.24, 2.45) is 0 Å². The Hall–Kier alpha value is -2.58. The summed E-state index contributed by atoms with van der Waals surface area (Å²) < 4.78 is 7.28. The van der Waals surface area contributed by atoms with Crippen molar-refractivity contribution in [1.82, 2.24) is 25.1 Å². The number of thioether (sulfide) groups is 1. The molecule has 2 aromatic carbocycles. The third kappa shape index (κ3) is 5.24. The average Bonchev–Trinajstić information content (AvgIpc) is 3.16.